The van der Waals surface area contributed by atoms with Crippen molar-refractivity contribution in [3.63, 3.8) is 0 Å². The summed E-state index contributed by atoms with van der Waals surface area (Å²) in [6.45, 7) is 7.78. The standard InChI is InChI=1S/C23H28N2O3/c1-23(2,3)28-22(27)25-15-9-14-24(16-17-25)21(26)20-13-8-7-12-19(20)18-10-5-4-6-11-18/h4-8,10-13H,9,14-17H2,1-3H3. The number of carbonyl (C=O) groups excluding carboxylic acids is 2. The molecule has 1 aliphatic rings. The van der Waals surface area contributed by atoms with Crippen LogP contribution < -0.4 is 0 Å². The topological polar surface area (TPSA) is 49.9 Å². The van der Waals surface area contributed by atoms with Gasteiger partial charge in [0, 0.05) is 31.7 Å². The van der Waals surface area contributed by atoms with Gasteiger partial charge in [-0.3, -0.25) is 4.79 Å². The lowest BCUT2D eigenvalue weighted by atomic mass is 9.99. The average molecular weight is 380 g/mol. The number of nitrogens with zero attached hydrogens (tertiary/aromatic N) is 2. The third-order valence-corrected chi connectivity index (χ3v) is 4.68. The molecule has 0 saturated carbocycles. The van der Waals surface area contributed by atoms with E-state index in [1.165, 1.54) is 0 Å². The van der Waals surface area contributed by atoms with Crippen molar-refractivity contribution in [1.29, 1.82) is 0 Å². The lowest BCUT2D eigenvalue weighted by molar-refractivity contribution is 0.0255. The van der Waals surface area contributed by atoms with E-state index in [2.05, 4.69) is 0 Å². The van der Waals surface area contributed by atoms with Gasteiger partial charge in [0.1, 0.15) is 5.60 Å². The van der Waals surface area contributed by atoms with Gasteiger partial charge in [-0.2, -0.15) is 0 Å². The molecule has 1 heterocycles. The van der Waals surface area contributed by atoms with Crippen LogP contribution in [0.3, 0.4) is 0 Å². The molecule has 1 fully saturated rings. The zero-order valence-corrected chi connectivity index (χ0v) is 16.9. The van der Waals surface area contributed by atoms with Gasteiger partial charge in [0.2, 0.25) is 0 Å². The summed E-state index contributed by atoms with van der Waals surface area (Å²) < 4.78 is 5.47. The Morgan fingerprint density at radius 2 is 1.43 bits per heavy atom. The van der Waals surface area contributed by atoms with Gasteiger partial charge in [-0.25, -0.2) is 4.79 Å². The first-order valence-electron chi connectivity index (χ1n) is 9.77. The van der Waals surface area contributed by atoms with Crippen LogP contribution >= 0.6 is 0 Å². The van der Waals surface area contributed by atoms with E-state index >= 15 is 0 Å². The molecule has 5 nitrogen and oxygen atoms in total. The highest BCUT2D eigenvalue weighted by Crippen LogP contribution is 2.25. The van der Waals surface area contributed by atoms with E-state index in [1.807, 2.05) is 80.3 Å². The number of ether oxygens (including phenoxy) is 1. The summed E-state index contributed by atoms with van der Waals surface area (Å²) >= 11 is 0. The Balaban J connectivity index is 1.74. The minimum Gasteiger partial charge on any atom is -0.444 e. The molecule has 2 aromatic carbocycles. The van der Waals surface area contributed by atoms with E-state index in [1.54, 1.807) is 4.90 Å². The molecule has 2 aromatic rings. The van der Waals surface area contributed by atoms with Gasteiger partial charge in [0.15, 0.2) is 0 Å². The van der Waals surface area contributed by atoms with E-state index in [-0.39, 0.29) is 12.0 Å². The lowest BCUT2D eigenvalue weighted by Gasteiger charge is -2.26. The molecule has 3 rings (SSSR count). The van der Waals surface area contributed by atoms with E-state index in [0.717, 1.165) is 17.5 Å². The maximum absolute atomic E-state index is 13.2. The molecule has 0 aromatic heterocycles. The van der Waals surface area contributed by atoms with Crippen molar-refractivity contribution in [2.45, 2.75) is 32.8 Å². The second-order valence-electron chi connectivity index (χ2n) is 8.02. The molecular weight excluding hydrogens is 352 g/mol. The molecule has 0 radical (unpaired) electrons. The van der Waals surface area contributed by atoms with Crippen molar-refractivity contribution >= 4 is 12.0 Å². The monoisotopic (exact) mass is 380 g/mol. The highest BCUT2D eigenvalue weighted by atomic mass is 16.6. The molecule has 0 spiro atoms. The lowest BCUT2D eigenvalue weighted by Crippen LogP contribution is -2.40. The third-order valence-electron chi connectivity index (χ3n) is 4.68. The quantitative estimate of drug-likeness (QED) is 0.774. The van der Waals surface area contributed by atoms with Gasteiger partial charge in [-0.1, -0.05) is 48.5 Å². The predicted molar refractivity (Wildman–Crippen MR) is 110 cm³/mol. The molecule has 1 aliphatic heterocycles. The SMILES string of the molecule is CC(C)(C)OC(=O)N1CCCN(C(=O)c2ccccc2-c2ccccc2)CC1. The summed E-state index contributed by atoms with van der Waals surface area (Å²) in [6, 6.07) is 17.6. The van der Waals surface area contributed by atoms with Crippen molar-refractivity contribution in [3.8, 4) is 11.1 Å². The van der Waals surface area contributed by atoms with E-state index in [4.69, 9.17) is 4.74 Å². The van der Waals surface area contributed by atoms with Crippen LogP contribution in [0.1, 0.15) is 37.6 Å². The number of rotatable bonds is 2. The highest BCUT2D eigenvalue weighted by Gasteiger charge is 2.27. The van der Waals surface area contributed by atoms with Crippen molar-refractivity contribution in [3.05, 3.63) is 60.2 Å². The number of amides is 2. The number of carbonyl (C=O) groups is 2. The zero-order valence-electron chi connectivity index (χ0n) is 16.9. The molecule has 1 saturated heterocycles. The smallest absolute Gasteiger partial charge is 0.410 e. The van der Waals surface area contributed by atoms with Crippen LogP contribution in [0.5, 0.6) is 0 Å². The molecule has 0 atom stereocenters. The van der Waals surface area contributed by atoms with Crippen molar-refractivity contribution in [2.24, 2.45) is 0 Å². The summed E-state index contributed by atoms with van der Waals surface area (Å²) in [7, 11) is 0. The first-order valence-corrected chi connectivity index (χ1v) is 9.77. The van der Waals surface area contributed by atoms with Gasteiger partial charge >= 0.3 is 6.09 Å². The van der Waals surface area contributed by atoms with Crippen LogP contribution in [0, 0.1) is 0 Å². The van der Waals surface area contributed by atoms with Crippen LogP contribution in [0.25, 0.3) is 11.1 Å². The van der Waals surface area contributed by atoms with Gasteiger partial charge in [0.25, 0.3) is 5.91 Å². The molecule has 28 heavy (non-hydrogen) atoms. The van der Waals surface area contributed by atoms with Crippen LogP contribution in [0.4, 0.5) is 4.79 Å². The largest absolute Gasteiger partial charge is 0.444 e. The molecule has 0 aliphatic carbocycles. The van der Waals surface area contributed by atoms with E-state index < -0.39 is 5.60 Å². The fourth-order valence-corrected chi connectivity index (χ4v) is 3.34. The Hall–Kier alpha value is -2.82. The van der Waals surface area contributed by atoms with Gasteiger partial charge in [0.05, 0.1) is 0 Å². The maximum atomic E-state index is 13.2. The fourth-order valence-electron chi connectivity index (χ4n) is 3.34. The Kier molecular flexibility index (Phi) is 6.02. The number of hydrogen-bond donors (Lipinski definition) is 0. The molecule has 0 N–H and O–H groups in total. The van der Waals surface area contributed by atoms with Crippen LogP contribution in [0.15, 0.2) is 54.6 Å². The molecule has 2 amide bonds. The molecule has 5 heteroatoms. The summed E-state index contributed by atoms with van der Waals surface area (Å²) in [5.41, 5.74) is 2.13. The van der Waals surface area contributed by atoms with Crippen LogP contribution in [0.2, 0.25) is 0 Å². The Bertz CT molecular complexity index is 827. The van der Waals surface area contributed by atoms with Crippen LogP contribution in [-0.2, 0) is 4.74 Å². The second kappa shape index (κ2) is 8.46. The summed E-state index contributed by atoms with van der Waals surface area (Å²) in [5.74, 6) is 0.00508. The van der Waals surface area contributed by atoms with Gasteiger partial charge in [-0.15, -0.1) is 0 Å². The van der Waals surface area contributed by atoms with E-state index in [0.29, 0.717) is 31.7 Å². The van der Waals surface area contributed by atoms with Crippen LogP contribution in [-0.4, -0.2) is 53.6 Å². The zero-order chi connectivity index (χ0) is 20.1. The maximum Gasteiger partial charge on any atom is 0.410 e. The number of hydrogen-bond acceptors (Lipinski definition) is 3. The highest BCUT2D eigenvalue weighted by molar-refractivity contribution is 6.00. The molecule has 148 valence electrons. The first-order chi connectivity index (χ1) is 13.3. The van der Waals surface area contributed by atoms with Crippen molar-refractivity contribution < 1.29 is 14.3 Å². The average Bonchev–Trinajstić information content (AvgIpc) is 2.93. The first kappa shape index (κ1) is 19.9. The molecular formula is C23H28N2O3. The third kappa shape index (κ3) is 4.91. The molecule has 0 bridgehead atoms. The molecule has 0 unspecified atom stereocenters. The Labute approximate surface area is 166 Å². The Morgan fingerprint density at radius 3 is 2.14 bits per heavy atom. The van der Waals surface area contributed by atoms with Crippen molar-refractivity contribution in [1.82, 2.24) is 9.80 Å². The fraction of sp³-hybridized carbons (Fsp3) is 0.391. The van der Waals surface area contributed by atoms with E-state index in [9.17, 15) is 9.59 Å². The second-order valence-corrected chi connectivity index (χ2v) is 8.02. The number of benzene rings is 2. The Morgan fingerprint density at radius 1 is 0.821 bits per heavy atom. The summed E-state index contributed by atoms with van der Waals surface area (Å²) in [5, 5.41) is 0. The summed E-state index contributed by atoms with van der Waals surface area (Å²) in [4.78, 5) is 29.1. The van der Waals surface area contributed by atoms with Crippen molar-refractivity contribution in [2.75, 3.05) is 26.2 Å². The minimum absolute atomic E-state index is 0.00508. The minimum atomic E-state index is -0.520. The van der Waals surface area contributed by atoms with Gasteiger partial charge < -0.3 is 14.5 Å². The summed E-state index contributed by atoms with van der Waals surface area (Å²) in [6.07, 6.45) is 0.421. The predicted octanol–water partition coefficient (Wildman–Crippen LogP) is 4.44. The normalized spacial score (nSPS) is 15.1. The van der Waals surface area contributed by atoms with Gasteiger partial charge in [-0.05, 0) is 44.4 Å².